The highest BCUT2D eigenvalue weighted by atomic mass is 32.1. The Morgan fingerprint density at radius 3 is 2.81 bits per heavy atom. The van der Waals surface area contributed by atoms with Crippen LogP contribution in [-0.2, 0) is 11.3 Å². The van der Waals surface area contributed by atoms with Gasteiger partial charge in [0.25, 0.3) is 11.8 Å². The van der Waals surface area contributed by atoms with E-state index in [2.05, 4.69) is 23.6 Å². The van der Waals surface area contributed by atoms with Crippen LogP contribution in [0.3, 0.4) is 0 Å². The van der Waals surface area contributed by atoms with E-state index in [1.807, 2.05) is 29.2 Å². The first-order valence-electron chi connectivity index (χ1n) is 8.41. The summed E-state index contributed by atoms with van der Waals surface area (Å²) in [6.45, 7) is 3.55. The van der Waals surface area contributed by atoms with Crippen molar-refractivity contribution in [3.63, 3.8) is 0 Å². The molecule has 26 heavy (non-hydrogen) atoms. The van der Waals surface area contributed by atoms with Crippen LogP contribution in [0.1, 0.15) is 34.1 Å². The van der Waals surface area contributed by atoms with E-state index in [-0.39, 0.29) is 11.8 Å². The summed E-state index contributed by atoms with van der Waals surface area (Å²) in [5.41, 5.74) is 3.43. The van der Waals surface area contributed by atoms with Gasteiger partial charge in [-0.05, 0) is 60.1 Å². The van der Waals surface area contributed by atoms with E-state index in [9.17, 15) is 9.59 Å². The number of rotatable bonds is 4. The zero-order chi connectivity index (χ0) is 18.3. The lowest BCUT2D eigenvalue weighted by atomic mass is 10.1. The third-order valence-electron chi connectivity index (χ3n) is 4.40. The first-order chi connectivity index (χ1) is 12.5. The third kappa shape index (κ3) is 3.04. The van der Waals surface area contributed by atoms with E-state index in [1.54, 1.807) is 17.4 Å². The van der Waals surface area contributed by atoms with Gasteiger partial charge in [-0.1, -0.05) is 13.0 Å². The van der Waals surface area contributed by atoms with E-state index < -0.39 is 0 Å². The number of thiophene rings is 1. The summed E-state index contributed by atoms with van der Waals surface area (Å²) in [5, 5.41) is 5.74. The Balaban J connectivity index is 1.59. The molecule has 132 valence electrons. The molecule has 0 saturated carbocycles. The molecule has 2 N–H and O–H groups in total. The molecule has 0 unspecified atom stereocenters. The zero-order valence-electron chi connectivity index (χ0n) is 14.2. The van der Waals surface area contributed by atoms with Gasteiger partial charge < -0.3 is 10.2 Å². The van der Waals surface area contributed by atoms with E-state index in [0.29, 0.717) is 17.4 Å². The summed E-state index contributed by atoms with van der Waals surface area (Å²) in [7, 11) is 0. The second-order valence-electron chi connectivity index (χ2n) is 6.27. The topological polar surface area (TPSA) is 61.4 Å². The fourth-order valence-corrected chi connectivity index (χ4v) is 4.35. The van der Waals surface area contributed by atoms with Gasteiger partial charge in [0.05, 0.1) is 0 Å². The maximum absolute atomic E-state index is 12.4. The molecule has 4 rings (SSSR count). The second-order valence-corrected chi connectivity index (χ2v) is 7.79. The maximum atomic E-state index is 12.4. The lowest BCUT2D eigenvalue weighted by molar-refractivity contribution is -0.115. The first-order valence-corrected chi connectivity index (χ1v) is 9.64. The predicted molar refractivity (Wildman–Crippen MR) is 107 cm³/mol. The van der Waals surface area contributed by atoms with Crippen molar-refractivity contribution in [3.8, 4) is 10.4 Å². The first kappa shape index (κ1) is 16.9. The van der Waals surface area contributed by atoms with Gasteiger partial charge in [-0.2, -0.15) is 0 Å². The molecule has 1 aromatic carbocycles. The molecule has 0 aliphatic carbocycles. The van der Waals surface area contributed by atoms with Gasteiger partial charge >= 0.3 is 0 Å². The maximum Gasteiger partial charge on any atom is 0.273 e. The SMILES string of the molecule is CCCN1Cc2cc(-c3ccc(/C=C4\NC(=S)NC4=O)s3)ccc2C1=O. The number of benzene rings is 1. The number of carbonyl (C=O) groups is 2. The summed E-state index contributed by atoms with van der Waals surface area (Å²) in [6, 6.07) is 10.0. The van der Waals surface area contributed by atoms with Gasteiger partial charge in [0, 0.05) is 28.4 Å². The van der Waals surface area contributed by atoms with Crippen LogP contribution in [0.4, 0.5) is 0 Å². The van der Waals surface area contributed by atoms with Gasteiger partial charge in [-0.15, -0.1) is 11.3 Å². The smallest absolute Gasteiger partial charge is 0.273 e. The Hall–Kier alpha value is -2.51. The number of hydrogen-bond donors (Lipinski definition) is 2. The Labute approximate surface area is 160 Å². The number of thiocarbonyl (C=S) groups is 1. The highest BCUT2D eigenvalue weighted by Crippen LogP contribution is 2.33. The summed E-state index contributed by atoms with van der Waals surface area (Å²) in [5.74, 6) is -0.0868. The van der Waals surface area contributed by atoms with Crippen molar-refractivity contribution in [1.82, 2.24) is 15.5 Å². The van der Waals surface area contributed by atoms with Gasteiger partial charge in [-0.3, -0.25) is 14.9 Å². The van der Waals surface area contributed by atoms with Crippen LogP contribution in [0.15, 0.2) is 36.0 Å². The Kier molecular flexibility index (Phi) is 4.34. The Morgan fingerprint density at radius 2 is 2.08 bits per heavy atom. The highest BCUT2D eigenvalue weighted by molar-refractivity contribution is 7.80. The molecule has 3 heterocycles. The van der Waals surface area contributed by atoms with Crippen molar-refractivity contribution in [2.75, 3.05) is 6.54 Å². The largest absolute Gasteiger partial charge is 0.334 e. The number of fused-ring (bicyclic) bond motifs is 1. The number of hydrogen-bond acceptors (Lipinski definition) is 4. The van der Waals surface area contributed by atoms with Crippen molar-refractivity contribution in [2.24, 2.45) is 0 Å². The number of nitrogens with one attached hydrogen (secondary N) is 2. The van der Waals surface area contributed by atoms with Crippen LogP contribution in [0.25, 0.3) is 16.5 Å². The third-order valence-corrected chi connectivity index (χ3v) is 5.68. The molecule has 1 saturated heterocycles. The number of nitrogens with zero attached hydrogens (tertiary/aromatic N) is 1. The van der Waals surface area contributed by atoms with E-state index in [1.165, 1.54) is 0 Å². The molecular formula is C19H17N3O2S2. The van der Waals surface area contributed by atoms with E-state index in [4.69, 9.17) is 12.2 Å². The molecule has 1 fully saturated rings. The van der Waals surface area contributed by atoms with Crippen LogP contribution in [0.5, 0.6) is 0 Å². The highest BCUT2D eigenvalue weighted by Gasteiger charge is 2.27. The van der Waals surface area contributed by atoms with Gasteiger partial charge in [-0.25, -0.2) is 0 Å². The minimum absolute atomic E-state index is 0.124. The van der Waals surface area contributed by atoms with Crippen LogP contribution >= 0.6 is 23.6 Å². The van der Waals surface area contributed by atoms with Crippen LogP contribution in [-0.4, -0.2) is 28.4 Å². The molecule has 0 atom stereocenters. The average Bonchev–Trinajstić information content (AvgIpc) is 3.28. The molecule has 1 aromatic heterocycles. The molecule has 2 aliphatic rings. The second kappa shape index (κ2) is 6.66. The van der Waals surface area contributed by atoms with Gasteiger partial charge in [0.1, 0.15) is 5.70 Å². The van der Waals surface area contributed by atoms with Crippen molar-refractivity contribution in [1.29, 1.82) is 0 Å². The standard InChI is InChI=1S/C19H17N3O2S2/c1-2-7-22-10-12-8-11(3-5-14(12)18(22)24)16-6-4-13(26-16)9-15-17(23)21-19(25)20-15/h3-6,8-9H,2,7,10H2,1H3,(H2,20,21,23,25)/b15-9-. The summed E-state index contributed by atoms with van der Waals surface area (Å²) in [6.07, 6.45) is 2.75. The quantitative estimate of drug-likeness (QED) is 0.629. The number of amides is 2. The summed E-state index contributed by atoms with van der Waals surface area (Å²) >= 11 is 6.54. The Morgan fingerprint density at radius 1 is 1.23 bits per heavy atom. The average molecular weight is 383 g/mol. The summed E-state index contributed by atoms with van der Waals surface area (Å²) < 4.78 is 0. The normalized spacial score (nSPS) is 17.7. The van der Waals surface area contributed by atoms with E-state index >= 15 is 0 Å². The van der Waals surface area contributed by atoms with Crippen molar-refractivity contribution >= 4 is 46.6 Å². The van der Waals surface area contributed by atoms with Gasteiger partial charge in [0.15, 0.2) is 5.11 Å². The van der Waals surface area contributed by atoms with Crippen molar-refractivity contribution in [2.45, 2.75) is 19.9 Å². The molecular weight excluding hydrogens is 366 g/mol. The molecule has 2 aromatic rings. The van der Waals surface area contributed by atoms with Gasteiger partial charge in [0.2, 0.25) is 0 Å². The molecule has 2 amide bonds. The van der Waals surface area contributed by atoms with Crippen LogP contribution in [0.2, 0.25) is 0 Å². The molecule has 2 aliphatic heterocycles. The van der Waals surface area contributed by atoms with Crippen molar-refractivity contribution < 1.29 is 9.59 Å². The van der Waals surface area contributed by atoms with Crippen molar-refractivity contribution in [3.05, 3.63) is 52.0 Å². The lowest BCUT2D eigenvalue weighted by Crippen LogP contribution is -2.24. The monoisotopic (exact) mass is 383 g/mol. The molecule has 0 bridgehead atoms. The lowest BCUT2D eigenvalue weighted by Gasteiger charge is -2.13. The molecule has 5 nitrogen and oxygen atoms in total. The molecule has 7 heteroatoms. The predicted octanol–water partition coefficient (Wildman–Crippen LogP) is 3.13. The Bertz CT molecular complexity index is 961. The minimum atomic E-state index is -0.211. The molecule has 0 spiro atoms. The fraction of sp³-hybridized carbons (Fsp3) is 0.211. The molecule has 0 radical (unpaired) electrons. The number of carbonyl (C=O) groups excluding carboxylic acids is 2. The van der Waals surface area contributed by atoms with E-state index in [0.717, 1.165) is 39.4 Å². The minimum Gasteiger partial charge on any atom is -0.334 e. The fourth-order valence-electron chi connectivity index (χ4n) is 3.19. The van der Waals surface area contributed by atoms with Crippen LogP contribution < -0.4 is 10.6 Å². The van der Waals surface area contributed by atoms with Crippen LogP contribution in [0, 0.1) is 0 Å². The zero-order valence-corrected chi connectivity index (χ0v) is 15.8. The summed E-state index contributed by atoms with van der Waals surface area (Å²) in [4.78, 5) is 28.1.